The molecule has 1 N–H and O–H groups in total. The molecule has 1 aliphatic heterocycles. The van der Waals surface area contributed by atoms with E-state index in [9.17, 15) is 8.42 Å². The van der Waals surface area contributed by atoms with E-state index in [0.29, 0.717) is 122 Å². The summed E-state index contributed by atoms with van der Waals surface area (Å²) in [6, 6.07) is 17.1. The number of benzene rings is 3. The Hall–Kier alpha value is -3.49. The second-order valence-corrected chi connectivity index (χ2v) is 19.4. The Morgan fingerprint density at radius 2 is 1.14 bits per heavy atom. The topological polar surface area (TPSA) is 177 Å². The molecule has 0 saturated carbocycles. The third kappa shape index (κ3) is 18.9. The van der Waals surface area contributed by atoms with Gasteiger partial charge in [0.25, 0.3) is 10.0 Å². The molecule has 22 heteroatoms. The van der Waals surface area contributed by atoms with E-state index in [1.165, 1.54) is 25.3 Å². The summed E-state index contributed by atoms with van der Waals surface area (Å²) in [4.78, 5) is 14.1. The van der Waals surface area contributed by atoms with Crippen molar-refractivity contribution in [1.82, 2.24) is 9.97 Å². The van der Waals surface area contributed by atoms with Gasteiger partial charge in [0.15, 0.2) is 0 Å². The third-order valence-electron chi connectivity index (χ3n) is 9.82. The van der Waals surface area contributed by atoms with Crippen LogP contribution in [0.5, 0.6) is 17.2 Å². The average Bonchev–Trinajstić information content (AvgIpc) is 3.81. The van der Waals surface area contributed by atoms with Gasteiger partial charge in [-0.15, -0.1) is 0 Å². The van der Waals surface area contributed by atoms with Crippen LogP contribution < -0.4 is 18.9 Å². The molecule has 5 aromatic rings. The van der Waals surface area contributed by atoms with E-state index < -0.39 is 10.0 Å². The molecule has 384 valence electrons. The van der Waals surface area contributed by atoms with Crippen LogP contribution in [0, 0.1) is 19.8 Å². The molecule has 0 unspecified atom stereocenters. The summed E-state index contributed by atoms with van der Waals surface area (Å²) in [5, 5.41) is 2.23. The molecular weight excluding hydrogens is 1050 g/mol. The fourth-order valence-corrected chi connectivity index (χ4v) is 8.30. The van der Waals surface area contributed by atoms with Crippen LogP contribution in [0.3, 0.4) is 0 Å². The van der Waals surface area contributed by atoms with E-state index in [2.05, 4.69) is 23.6 Å². The van der Waals surface area contributed by atoms with Crippen LogP contribution >= 0.6 is 43.6 Å². The van der Waals surface area contributed by atoms with Crippen molar-refractivity contribution in [3.8, 4) is 17.2 Å². The standard InChI is InChI=1S/C28H40N2O8.C19H20Cl2N2O4S.2ClH.Ni/c1-21-19-25(37-17-15-35-13-11-33-9-7-31-3)23-5-6-24-26(20-22(2)30-28(24)27(23)29-21)38-18-16-36-14-12-34-10-8-32-4;1-11(2)16-10-27-19(22-16)15-5-4-6-17(26-3)18(15)23-28(24,25)14-8-12(20)7-13(21)9-14;;;/h5-6,19-20H,7-18H2,1-4H3;4-9,11,16,23H,10H2,1-3H3;2*1H;/q;;;;+2/p-2/t;16-;;;/m.0.../s1. The monoisotopic (exact) mass is 1100 g/mol. The zero-order valence-electron chi connectivity index (χ0n) is 39.6. The number of nitrogens with zero attached hydrogens (tertiary/aromatic N) is 3. The number of aliphatic imine (C=N–C) groups is 1. The van der Waals surface area contributed by atoms with Gasteiger partial charge in [-0.2, -0.15) is 0 Å². The normalized spacial score (nSPS) is 13.4. The van der Waals surface area contributed by atoms with Gasteiger partial charge in [0, 0.05) is 58.6 Å². The molecule has 1 aliphatic rings. The van der Waals surface area contributed by atoms with Crippen LogP contribution in [-0.4, -0.2) is 138 Å². The first-order valence-corrected chi connectivity index (χ1v) is 26.7. The Balaban J connectivity index is 0.000000296. The number of methoxy groups -OCH3 is 3. The third-order valence-corrected chi connectivity index (χ3v) is 11.6. The fraction of sp³-hybridized carbons (Fsp3) is 0.468. The molecule has 0 radical (unpaired) electrons. The maximum absolute atomic E-state index is 12.9. The molecular formula is C47H60Cl4N4NiO12S. The van der Waals surface area contributed by atoms with Gasteiger partial charge in [-0.3, -0.25) is 14.7 Å². The van der Waals surface area contributed by atoms with Crippen LogP contribution in [0.15, 0.2) is 70.6 Å². The van der Waals surface area contributed by atoms with Crippen molar-refractivity contribution in [2.24, 2.45) is 10.9 Å². The molecule has 16 nitrogen and oxygen atoms in total. The summed E-state index contributed by atoms with van der Waals surface area (Å²) in [6.07, 6.45) is 0. The minimum atomic E-state index is -3.98. The molecule has 0 spiro atoms. The van der Waals surface area contributed by atoms with Crippen LogP contribution in [-0.2, 0) is 55.8 Å². The Morgan fingerprint density at radius 1 is 0.681 bits per heavy atom. The van der Waals surface area contributed by atoms with Crippen molar-refractivity contribution in [3.05, 3.63) is 87.7 Å². The fourth-order valence-electron chi connectivity index (χ4n) is 6.48. The first kappa shape index (κ1) is 58.1. The summed E-state index contributed by atoms with van der Waals surface area (Å²) in [6.45, 7) is 14.5. The van der Waals surface area contributed by atoms with Gasteiger partial charge in [0.1, 0.15) is 53.8 Å². The average molecular weight is 1110 g/mol. The first-order valence-electron chi connectivity index (χ1n) is 21.7. The number of aromatic nitrogens is 2. The summed E-state index contributed by atoms with van der Waals surface area (Å²) in [5.41, 5.74) is 3.99. The molecule has 2 aromatic heterocycles. The van der Waals surface area contributed by atoms with Gasteiger partial charge >= 0.3 is 33.0 Å². The number of hydrogen-bond acceptors (Lipinski definition) is 15. The van der Waals surface area contributed by atoms with E-state index in [4.69, 9.17) is 101 Å². The summed E-state index contributed by atoms with van der Waals surface area (Å²) in [7, 11) is 10.2. The number of para-hydroxylation sites is 1. The molecule has 0 bridgehead atoms. The van der Waals surface area contributed by atoms with Crippen LogP contribution in [0.4, 0.5) is 5.69 Å². The van der Waals surface area contributed by atoms with Crippen molar-refractivity contribution in [1.29, 1.82) is 0 Å². The first-order chi connectivity index (χ1) is 33.3. The second-order valence-electron chi connectivity index (χ2n) is 15.2. The van der Waals surface area contributed by atoms with Gasteiger partial charge in [-0.1, -0.05) is 43.1 Å². The molecule has 0 amide bonds. The predicted molar refractivity (Wildman–Crippen MR) is 268 cm³/mol. The molecule has 3 aromatic carbocycles. The van der Waals surface area contributed by atoms with Crippen LogP contribution in [0.2, 0.25) is 10.0 Å². The molecule has 69 heavy (non-hydrogen) atoms. The number of anilines is 1. The van der Waals surface area contributed by atoms with Crippen molar-refractivity contribution in [3.63, 3.8) is 0 Å². The van der Waals surface area contributed by atoms with Gasteiger partial charge in [-0.05, 0) is 62.2 Å². The SMILES string of the molecule is COCCOCCOCCOc1cc(C)nc2c1ccc1c(OCCOCCOCCOC)cc(C)nc12.COc1cccc(C2=N[C@H](C(C)C)CO2)c1NS(=O)(=O)c1cc(Cl)cc(Cl)c1.[Cl][Ni][Cl]. The number of pyridine rings is 2. The van der Waals surface area contributed by atoms with Crippen LogP contribution in [0.25, 0.3) is 21.8 Å². The molecule has 6 rings (SSSR count). The molecule has 3 heterocycles. The molecule has 1 atom stereocenters. The number of ether oxygens (including phenoxy) is 10. The number of nitrogens with one attached hydrogen (secondary N) is 1. The summed E-state index contributed by atoms with van der Waals surface area (Å²) in [5.74, 6) is 2.52. The molecule has 0 saturated heterocycles. The van der Waals surface area contributed by atoms with Crippen molar-refractivity contribution in [2.75, 3.05) is 112 Å². The number of sulfonamides is 1. The molecule has 0 aliphatic carbocycles. The van der Waals surface area contributed by atoms with E-state index in [0.717, 1.165) is 44.7 Å². The predicted octanol–water partition coefficient (Wildman–Crippen LogP) is 9.50. The Labute approximate surface area is 429 Å². The number of halogens is 4. The van der Waals surface area contributed by atoms with Crippen LogP contribution in [0.1, 0.15) is 30.8 Å². The second kappa shape index (κ2) is 31.1. The van der Waals surface area contributed by atoms with E-state index in [-0.39, 0.29) is 26.7 Å². The maximum atomic E-state index is 12.9. The molecule has 0 fully saturated rings. The van der Waals surface area contributed by atoms with E-state index in [1.54, 1.807) is 32.4 Å². The summed E-state index contributed by atoms with van der Waals surface area (Å²) < 4.78 is 83.6. The number of rotatable bonds is 26. The Kier molecular flexibility index (Phi) is 26.2. The quantitative estimate of drug-likeness (QED) is 0.0315. The van der Waals surface area contributed by atoms with Gasteiger partial charge < -0.3 is 47.4 Å². The minimum absolute atomic E-state index is 0.0115. The van der Waals surface area contributed by atoms with Crippen molar-refractivity contribution in [2.45, 2.75) is 38.6 Å². The van der Waals surface area contributed by atoms with Crippen molar-refractivity contribution >= 4 is 87.0 Å². The van der Waals surface area contributed by atoms with E-state index >= 15 is 0 Å². The van der Waals surface area contributed by atoms with Crippen molar-refractivity contribution < 1.29 is 68.4 Å². The van der Waals surface area contributed by atoms with Gasteiger partial charge in [0.05, 0.1) is 89.7 Å². The number of aryl methyl sites for hydroxylation is 2. The van der Waals surface area contributed by atoms with E-state index in [1.807, 2.05) is 38.1 Å². The Morgan fingerprint density at radius 3 is 1.58 bits per heavy atom. The zero-order chi connectivity index (χ0) is 50.2. The van der Waals surface area contributed by atoms with Gasteiger partial charge in [0.2, 0.25) is 5.90 Å². The Bertz CT molecular complexity index is 2410. The summed E-state index contributed by atoms with van der Waals surface area (Å²) >= 11 is 12.5. The number of fused-ring (bicyclic) bond motifs is 3. The van der Waals surface area contributed by atoms with Gasteiger partial charge in [-0.25, -0.2) is 13.4 Å². The zero-order valence-corrected chi connectivity index (χ0v) is 44.4. The number of hydrogen-bond donors (Lipinski definition) is 1.